The molecular weight excluding hydrogens is 627 g/mol. The normalized spacial score (nSPS) is 13.1. The zero-order valence-corrected chi connectivity index (χ0v) is 33.5. The van der Waals surface area contributed by atoms with Gasteiger partial charge >= 0.3 is 39.1 Å². The number of rotatable bonds is 23. The molecule has 0 atom stereocenters. The maximum atomic E-state index is 12.1. The molecular formula is C45H72N2Ni. The average molecular weight is 700 g/mol. The molecule has 0 amide bonds. The van der Waals surface area contributed by atoms with Crippen LogP contribution in [0.4, 0.5) is 0 Å². The molecule has 0 N–H and O–H groups in total. The summed E-state index contributed by atoms with van der Waals surface area (Å²) in [5.74, 6) is 0. The monoisotopic (exact) mass is 699 g/mol. The van der Waals surface area contributed by atoms with Crippen molar-refractivity contribution < 1.29 is 19.1 Å². The number of allylic oxidation sites excluding steroid dienone is 2. The number of nitrogens with zero attached hydrogens (tertiary/aromatic N) is 2. The number of aryl methyl sites for hydroxylation is 4. The Kier molecular flexibility index (Phi) is 22.0. The molecule has 0 radical (unpaired) electrons. The van der Waals surface area contributed by atoms with E-state index >= 15 is 0 Å². The summed E-state index contributed by atoms with van der Waals surface area (Å²) < 4.78 is 1.58. The van der Waals surface area contributed by atoms with E-state index in [4.69, 9.17) is 0 Å². The second-order valence-corrected chi connectivity index (χ2v) is 15.6. The molecule has 0 aromatic heterocycles. The summed E-state index contributed by atoms with van der Waals surface area (Å²) in [6, 6.07) is 14.4. The Morgan fingerprint density at radius 2 is 0.833 bits per heavy atom. The van der Waals surface area contributed by atoms with Gasteiger partial charge in [-0.05, 0) is 118 Å². The van der Waals surface area contributed by atoms with Gasteiger partial charge in [-0.25, -0.2) is 4.70 Å². The van der Waals surface area contributed by atoms with Crippen LogP contribution in [0.3, 0.4) is 0 Å². The van der Waals surface area contributed by atoms with E-state index in [1.54, 1.807) is 4.70 Å². The predicted molar refractivity (Wildman–Crippen MR) is 209 cm³/mol. The summed E-state index contributed by atoms with van der Waals surface area (Å²) in [5, 5.41) is 2.56. The molecule has 0 saturated heterocycles. The topological polar surface area (TPSA) is 25.3 Å². The Bertz CT molecular complexity index is 1280. The van der Waals surface area contributed by atoms with Crippen LogP contribution in [-0.4, -0.2) is 4.70 Å². The van der Waals surface area contributed by atoms with Gasteiger partial charge in [0.2, 0.25) is 11.4 Å². The fourth-order valence-electron chi connectivity index (χ4n) is 6.82. The SMILES string of the molecule is CCCCCCc1cc(CCCC)cc(C2=C(C)C(CCCC)=C(c3cc(CCCC)cc(CCCCCC)c3)[N+]2=[N-])c1.C[CH2][Ni][CH2]C. The summed E-state index contributed by atoms with van der Waals surface area (Å²) in [5.41, 5.74) is 24.8. The van der Waals surface area contributed by atoms with E-state index in [2.05, 4.69) is 91.8 Å². The number of hydrogen-bond acceptors (Lipinski definition) is 0. The van der Waals surface area contributed by atoms with Gasteiger partial charge in [-0.15, -0.1) is 0 Å². The van der Waals surface area contributed by atoms with Gasteiger partial charge in [-0.1, -0.05) is 105 Å². The molecule has 2 aromatic carbocycles. The molecule has 2 aromatic rings. The second kappa shape index (κ2) is 25.0. The zero-order chi connectivity index (χ0) is 35.1. The van der Waals surface area contributed by atoms with Crippen LogP contribution in [0.5, 0.6) is 0 Å². The van der Waals surface area contributed by atoms with Crippen molar-refractivity contribution in [3.8, 4) is 0 Å². The first-order valence-corrected chi connectivity index (χ1v) is 21.4. The van der Waals surface area contributed by atoms with E-state index in [0.29, 0.717) is 0 Å². The standard InChI is InChI=1S/C41H62N2.2C2H5.Ni/c1-7-12-17-19-23-35-26-33(21-14-9-3)28-37(29-35)40-32(6)39(25-16-11-5)41(43(40)42)38-30-34(22-15-10-4)27-36(31-38)24-20-18-13-8-2;2*1-2;/h26-31H,7-25H2,1-6H3;2*1H2,2H3;. The van der Waals surface area contributed by atoms with Crippen LogP contribution < -0.4 is 0 Å². The molecule has 48 heavy (non-hydrogen) atoms. The zero-order valence-electron chi connectivity index (χ0n) is 32.5. The Balaban J connectivity index is 0.00000149. The molecule has 0 bridgehead atoms. The molecule has 1 aliphatic heterocycles. The van der Waals surface area contributed by atoms with Gasteiger partial charge in [0.1, 0.15) is 0 Å². The van der Waals surface area contributed by atoms with Crippen LogP contribution in [0.15, 0.2) is 47.5 Å². The molecule has 0 saturated carbocycles. The first-order chi connectivity index (χ1) is 23.4. The van der Waals surface area contributed by atoms with E-state index in [0.717, 1.165) is 56.3 Å². The van der Waals surface area contributed by atoms with E-state index < -0.39 is 0 Å². The Labute approximate surface area is 304 Å². The van der Waals surface area contributed by atoms with Crippen molar-refractivity contribution in [3.63, 3.8) is 0 Å². The Morgan fingerprint density at radius 3 is 1.21 bits per heavy atom. The molecule has 1 aliphatic rings. The van der Waals surface area contributed by atoms with Gasteiger partial charge in [0.05, 0.1) is 0 Å². The van der Waals surface area contributed by atoms with Crippen LogP contribution in [-0.2, 0) is 40.1 Å². The summed E-state index contributed by atoms with van der Waals surface area (Å²) in [6.07, 6.45) is 22.8. The fourth-order valence-corrected chi connectivity index (χ4v) is 7.32. The van der Waals surface area contributed by atoms with Crippen molar-refractivity contribution >= 4 is 11.4 Å². The van der Waals surface area contributed by atoms with Gasteiger partial charge < -0.3 is 5.53 Å². The van der Waals surface area contributed by atoms with Gasteiger partial charge in [0.25, 0.3) is 0 Å². The molecule has 3 heteroatoms. The van der Waals surface area contributed by atoms with Gasteiger partial charge in [-0.2, -0.15) is 0 Å². The molecule has 3 rings (SSSR count). The number of benzene rings is 2. The van der Waals surface area contributed by atoms with E-state index in [1.165, 1.54) is 132 Å². The van der Waals surface area contributed by atoms with Crippen LogP contribution in [0.2, 0.25) is 10.8 Å². The van der Waals surface area contributed by atoms with E-state index in [1.807, 2.05) is 14.4 Å². The third kappa shape index (κ3) is 14.1. The quantitative estimate of drug-likeness (QED) is 0.0627. The van der Waals surface area contributed by atoms with Crippen molar-refractivity contribution in [3.05, 3.63) is 86.5 Å². The number of hydrogen-bond donors (Lipinski definition) is 0. The Morgan fingerprint density at radius 1 is 0.458 bits per heavy atom. The fraction of sp³-hybridized carbons (Fsp3) is 0.644. The molecule has 1 heterocycles. The third-order valence-electron chi connectivity index (χ3n) is 9.54. The maximum absolute atomic E-state index is 12.1. The minimum absolute atomic E-state index is 0.998. The van der Waals surface area contributed by atoms with Crippen molar-refractivity contribution in [2.24, 2.45) is 0 Å². The van der Waals surface area contributed by atoms with Crippen LogP contribution in [0.1, 0.15) is 185 Å². The molecule has 0 aliphatic carbocycles. The summed E-state index contributed by atoms with van der Waals surface area (Å²) >= 11 is 1.82. The van der Waals surface area contributed by atoms with Gasteiger partial charge in [0, 0.05) is 22.3 Å². The van der Waals surface area contributed by atoms with Crippen molar-refractivity contribution in [2.75, 3.05) is 0 Å². The summed E-state index contributed by atoms with van der Waals surface area (Å²) in [6.45, 7) is 18.0. The average Bonchev–Trinajstić information content (AvgIpc) is 3.34. The first kappa shape index (κ1) is 42.2. The molecule has 0 fully saturated rings. The minimum atomic E-state index is 0.998. The van der Waals surface area contributed by atoms with E-state index in [9.17, 15) is 5.53 Å². The van der Waals surface area contributed by atoms with Crippen molar-refractivity contribution in [1.29, 1.82) is 0 Å². The first-order valence-electron chi connectivity index (χ1n) is 20.0. The molecule has 0 unspecified atom stereocenters. The third-order valence-corrected chi connectivity index (χ3v) is 10.5. The molecule has 2 nitrogen and oxygen atoms in total. The summed E-state index contributed by atoms with van der Waals surface area (Å²) in [4.78, 5) is 0. The Hall–Kier alpha value is -1.99. The van der Waals surface area contributed by atoms with Crippen LogP contribution >= 0.6 is 0 Å². The second-order valence-electron chi connectivity index (χ2n) is 13.7. The van der Waals surface area contributed by atoms with Gasteiger partial charge in [-0.3, -0.25) is 0 Å². The van der Waals surface area contributed by atoms with Crippen LogP contribution in [0, 0.1) is 0 Å². The van der Waals surface area contributed by atoms with Crippen molar-refractivity contribution in [2.45, 2.75) is 188 Å². The summed E-state index contributed by atoms with van der Waals surface area (Å²) in [7, 11) is 0. The van der Waals surface area contributed by atoms with Crippen LogP contribution in [0.25, 0.3) is 16.9 Å². The van der Waals surface area contributed by atoms with Crippen molar-refractivity contribution in [1.82, 2.24) is 0 Å². The van der Waals surface area contributed by atoms with E-state index in [-0.39, 0.29) is 0 Å². The number of unbranched alkanes of at least 4 members (excludes halogenated alkanes) is 9. The van der Waals surface area contributed by atoms with Gasteiger partial charge in [0.15, 0.2) is 0 Å². The molecule has 272 valence electrons. The predicted octanol–water partition coefficient (Wildman–Crippen LogP) is 14.9. The molecule has 0 spiro atoms.